The molecule has 0 amide bonds. The summed E-state index contributed by atoms with van der Waals surface area (Å²) in [5.41, 5.74) is 0.717. The summed E-state index contributed by atoms with van der Waals surface area (Å²) < 4.78 is 36.3. The molecule has 1 aliphatic rings. The minimum absolute atomic E-state index is 0.194. The van der Waals surface area contributed by atoms with Gasteiger partial charge >= 0.3 is 0 Å². The third-order valence-corrected chi connectivity index (χ3v) is 4.90. The molecule has 0 saturated carbocycles. The molecule has 6 nitrogen and oxygen atoms in total. The van der Waals surface area contributed by atoms with E-state index >= 15 is 0 Å². The first-order valence-electron chi connectivity index (χ1n) is 6.59. The van der Waals surface area contributed by atoms with E-state index in [1.54, 1.807) is 0 Å². The van der Waals surface area contributed by atoms with E-state index in [2.05, 4.69) is 4.98 Å². The topological polar surface area (TPSA) is 72.6 Å². The van der Waals surface area contributed by atoms with E-state index in [0.29, 0.717) is 44.4 Å². The average molecular weight is 288 g/mol. The third-order valence-electron chi connectivity index (χ3n) is 3.05. The van der Waals surface area contributed by atoms with Crippen LogP contribution in [0.15, 0.2) is 4.42 Å². The fraction of sp³-hybridized carbons (Fsp3) is 0.750. The van der Waals surface area contributed by atoms with Gasteiger partial charge in [0.25, 0.3) is 0 Å². The molecule has 0 aliphatic carbocycles. The van der Waals surface area contributed by atoms with Crippen LogP contribution in [-0.4, -0.2) is 30.1 Å². The van der Waals surface area contributed by atoms with Crippen LogP contribution in [0.5, 0.6) is 0 Å². The van der Waals surface area contributed by atoms with Gasteiger partial charge in [0.05, 0.1) is 24.5 Å². The molecule has 1 aromatic rings. The fourth-order valence-electron chi connectivity index (χ4n) is 1.97. The van der Waals surface area contributed by atoms with E-state index in [1.165, 1.54) is 4.31 Å². The van der Waals surface area contributed by atoms with E-state index < -0.39 is 10.0 Å². The number of rotatable bonds is 7. The second-order valence-corrected chi connectivity index (χ2v) is 6.64. The average Bonchev–Trinajstić information content (AvgIpc) is 2.92. The van der Waals surface area contributed by atoms with Crippen molar-refractivity contribution in [2.75, 3.05) is 12.4 Å². The molecule has 108 valence electrons. The predicted octanol–water partition coefficient (Wildman–Crippen LogP) is 1.66. The monoisotopic (exact) mass is 288 g/mol. The van der Waals surface area contributed by atoms with E-state index in [-0.39, 0.29) is 5.75 Å². The van der Waals surface area contributed by atoms with Gasteiger partial charge in [0, 0.05) is 6.61 Å². The molecule has 0 aromatic carbocycles. The maximum Gasteiger partial charge on any atom is 0.220 e. The molecule has 1 aliphatic heterocycles. The van der Waals surface area contributed by atoms with Crippen LogP contribution in [0.25, 0.3) is 0 Å². The van der Waals surface area contributed by atoms with Gasteiger partial charge < -0.3 is 9.15 Å². The summed E-state index contributed by atoms with van der Waals surface area (Å²) in [7, 11) is -3.19. The first-order valence-corrected chi connectivity index (χ1v) is 8.20. The SMILES string of the molecule is CCCCS(=O)(=O)N1Cc2nc(COCC)oc2C1. The Labute approximate surface area is 113 Å². The van der Waals surface area contributed by atoms with Crippen LogP contribution in [0.3, 0.4) is 0 Å². The normalized spacial score (nSPS) is 15.9. The van der Waals surface area contributed by atoms with Gasteiger partial charge in [0.2, 0.25) is 15.9 Å². The predicted molar refractivity (Wildman–Crippen MR) is 69.8 cm³/mol. The van der Waals surface area contributed by atoms with Gasteiger partial charge in [-0.05, 0) is 13.3 Å². The first kappa shape index (κ1) is 14.5. The van der Waals surface area contributed by atoms with Crippen molar-refractivity contribution in [1.82, 2.24) is 9.29 Å². The van der Waals surface area contributed by atoms with Gasteiger partial charge in [-0.2, -0.15) is 4.31 Å². The fourth-order valence-corrected chi connectivity index (χ4v) is 3.52. The standard InChI is InChI=1S/C12H20N2O4S/c1-3-5-6-19(15,16)14-7-10-11(8-14)18-12(13-10)9-17-4-2/h3-9H2,1-2H3. The van der Waals surface area contributed by atoms with E-state index in [4.69, 9.17) is 9.15 Å². The van der Waals surface area contributed by atoms with Crippen LogP contribution >= 0.6 is 0 Å². The van der Waals surface area contributed by atoms with Crippen LogP contribution in [0.4, 0.5) is 0 Å². The highest BCUT2D eigenvalue weighted by Crippen LogP contribution is 2.26. The molecule has 0 spiro atoms. The van der Waals surface area contributed by atoms with Crippen molar-refractivity contribution in [3.05, 3.63) is 17.3 Å². The number of hydrogen-bond donors (Lipinski definition) is 0. The van der Waals surface area contributed by atoms with Crippen LogP contribution in [-0.2, 0) is 34.5 Å². The minimum Gasteiger partial charge on any atom is -0.441 e. The van der Waals surface area contributed by atoms with Crippen molar-refractivity contribution in [1.29, 1.82) is 0 Å². The summed E-state index contributed by atoms with van der Waals surface area (Å²) in [5.74, 6) is 1.37. The highest BCUT2D eigenvalue weighted by atomic mass is 32.2. The Balaban J connectivity index is 1.99. The van der Waals surface area contributed by atoms with Crippen molar-refractivity contribution in [3.8, 4) is 0 Å². The largest absolute Gasteiger partial charge is 0.441 e. The Morgan fingerprint density at radius 1 is 1.37 bits per heavy atom. The van der Waals surface area contributed by atoms with Crippen LogP contribution in [0.2, 0.25) is 0 Å². The van der Waals surface area contributed by atoms with Gasteiger partial charge in [-0.1, -0.05) is 13.3 Å². The molecule has 7 heteroatoms. The number of aromatic nitrogens is 1. The highest BCUT2D eigenvalue weighted by molar-refractivity contribution is 7.89. The first-order chi connectivity index (χ1) is 9.06. The number of fused-ring (bicyclic) bond motifs is 1. The molecule has 0 unspecified atom stereocenters. The summed E-state index contributed by atoms with van der Waals surface area (Å²) in [6, 6.07) is 0. The lowest BCUT2D eigenvalue weighted by molar-refractivity contribution is 0.112. The number of nitrogens with zero attached hydrogens (tertiary/aromatic N) is 2. The maximum absolute atomic E-state index is 12.0. The van der Waals surface area contributed by atoms with Crippen LogP contribution in [0, 0.1) is 0 Å². The van der Waals surface area contributed by atoms with Gasteiger partial charge in [-0.3, -0.25) is 0 Å². The molecule has 0 radical (unpaired) electrons. The lowest BCUT2D eigenvalue weighted by Crippen LogP contribution is -2.28. The molecule has 0 bridgehead atoms. The molecule has 2 rings (SSSR count). The number of ether oxygens (including phenoxy) is 1. The number of sulfonamides is 1. The van der Waals surface area contributed by atoms with Crippen LogP contribution in [0.1, 0.15) is 44.0 Å². The number of oxazole rings is 1. The highest BCUT2D eigenvalue weighted by Gasteiger charge is 2.32. The maximum atomic E-state index is 12.0. The molecule has 19 heavy (non-hydrogen) atoms. The molecular weight excluding hydrogens is 268 g/mol. The Morgan fingerprint density at radius 3 is 2.79 bits per heavy atom. The summed E-state index contributed by atoms with van der Waals surface area (Å²) in [6.45, 7) is 5.43. The molecule has 0 fully saturated rings. The summed E-state index contributed by atoms with van der Waals surface area (Å²) in [5, 5.41) is 0. The quantitative estimate of drug-likeness (QED) is 0.763. The Hall–Kier alpha value is -0.920. The Kier molecular flexibility index (Phi) is 4.59. The summed E-state index contributed by atoms with van der Waals surface area (Å²) >= 11 is 0. The third kappa shape index (κ3) is 3.34. The molecule has 0 N–H and O–H groups in total. The second kappa shape index (κ2) is 6.02. The van der Waals surface area contributed by atoms with Gasteiger partial charge in [-0.25, -0.2) is 13.4 Å². The zero-order valence-corrected chi connectivity index (χ0v) is 12.2. The van der Waals surface area contributed by atoms with Gasteiger partial charge in [-0.15, -0.1) is 0 Å². The lowest BCUT2D eigenvalue weighted by atomic mass is 10.4. The van der Waals surface area contributed by atoms with Gasteiger partial charge in [0.15, 0.2) is 0 Å². The lowest BCUT2D eigenvalue weighted by Gasteiger charge is -2.14. The van der Waals surface area contributed by atoms with E-state index in [0.717, 1.165) is 12.1 Å². The van der Waals surface area contributed by atoms with E-state index in [1.807, 2.05) is 13.8 Å². The molecular formula is C12H20N2O4S. The van der Waals surface area contributed by atoms with E-state index in [9.17, 15) is 8.42 Å². The molecule has 0 atom stereocenters. The van der Waals surface area contributed by atoms with Crippen molar-refractivity contribution >= 4 is 10.0 Å². The van der Waals surface area contributed by atoms with Crippen LogP contribution < -0.4 is 0 Å². The second-order valence-electron chi connectivity index (χ2n) is 4.55. The zero-order chi connectivity index (χ0) is 13.9. The van der Waals surface area contributed by atoms with Gasteiger partial charge in [0.1, 0.15) is 12.4 Å². The Morgan fingerprint density at radius 2 is 2.16 bits per heavy atom. The number of hydrogen-bond acceptors (Lipinski definition) is 5. The van der Waals surface area contributed by atoms with Crippen molar-refractivity contribution in [3.63, 3.8) is 0 Å². The minimum atomic E-state index is -3.19. The summed E-state index contributed by atoms with van der Waals surface area (Å²) in [6.07, 6.45) is 1.55. The molecule has 2 heterocycles. The summed E-state index contributed by atoms with van der Waals surface area (Å²) in [4.78, 5) is 4.27. The number of unbranched alkanes of at least 4 members (excludes halogenated alkanes) is 1. The van der Waals surface area contributed by atoms with Crippen molar-refractivity contribution in [2.24, 2.45) is 0 Å². The van der Waals surface area contributed by atoms with Crippen molar-refractivity contribution in [2.45, 2.75) is 46.4 Å². The Bertz CT molecular complexity index is 500. The zero-order valence-electron chi connectivity index (χ0n) is 11.4. The van der Waals surface area contributed by atoms with Crippen molar-refractivity contribution < 1.29 is 17.6 Å². The molecule has 1 aromatic heterocycles. The molecule has 0 saturated heterocycles. The smallest absolute Gasteiger partial charge is 0.220 e.